The van der Waals surface area contributed by atoms with Crippen molar-refractivity contribution in [1.29, 1.82) is 0 Å². The fraction of sp³-hybridized carbons (Fsp3) is 0.250. The lowest BCUT2D eigenvalue weighted by Crippen LogP contribution is -2.26. The minimum absolute atomic E-state index is 0.244. The van der Waals surface area contributed by atoms with Crippen LogP contribution in [-0.2, 0) is 6.54 Å². The summed E-state index contributed by atoms with van der Waals surface area (Å²) in [5.74, 6) is -0.0407. The normalized spacial score (nSPS) is 11.7. The zero-order valence-electron chi connectivity index (χ0n) is 13.3. The van der Waals surface area contributed by atoms with Gasteiger partial charge < -0.3 is 19.1 Å². The van der Waals surface area contributed by atoms with E-state index in [-0.39, 0.29) is 23.9 Å². The summed E-state index contributed by atoms with van der Waals surface area (Å²) >= 11 is 0. The van der Waals surface area contributed by atoms with Gasteiger partial charge in [-0.2, -0.15) is 0 Å². The minimum Gasteiger partial charge on any atom is -0.406 e. The first-order valence-electron chi connectivity index (χ1n) is 7.27. The number of nitrogens with zero attached hydrogens (tertiary/aromatic N) is 2. The van der Waals surface area contributed by atoms with Gasteiger partial charge in [0.15, 0.2) is 0 Å². The Bertz CT molecular complexity index is 914. The number of H-pyrrole nitrogens is 1. The number of carbonyl (C=O) groups excluding carboxylic acids is 1. The lowest BCUT2D eigenvalue weighted by Gasteiger charge is -2.14. The van der Waals surface area contributed by atoms with E-state index in [0.717, 1.165) is 0 Å². The smallest absolute Gasteiger partial charge is 0.406 e. The number of hydrogen-bond donors (Lipinski definition) is 1. The van der Waals surface area contributed by atoms with Crippen molar-refractivity contribution in [2.75, 3.05) is 7.05 Å². The lowest BCUT2D eigenvalue weighted by atomic mass is 10.2. The van der Waals surface area contributed by atoms with Crippen LogP contribution in [0.2, 0.25) is 0 Å². The van der Waals surface area contributed by atoms with E-state index in [1.807, 2.05) is 0 Å². The fourth-order valence-electron chi connectivity index (χ4n) is 2.43. The molecule has 9 heteroatoms. The number of hydrogen-bond acceptors (Lipinski definition) is 4. The molecular weight excluding hydrogens is 339 g/mol. The second-order valence-electron chi connectivity index (χ2n) is 5.57. The number of carbonyl (C=O) groups is 1. The molecule has 0 saturated carbocycles. The molecule has 6 nitrogen and oxygen atoms in total. The molecule has 0 bridgehead atoms. The summed E-state index contributed by atoms with van der Waals surface area (Å²) in [4.78, 5) is 16.7. The van der Waals surface area contributed by atoms with Gasteiger partial charge in [0.2, 0.25) is 0 Å². The molecule has 132 valence electrons. The highest BCUT2D eigenvalue weighted by atomic mass is 19.4. The number of fused-ring (bicyclic) bond motifs is 1. The average molecular weight is 353 g/mol. The Hall–Kier alpha value is -2.97. The number of halogens is 3. The largest absolute Gasteiger partial charge is 0.573 e. The van der Waals surface area contributed by atoms with Gasteiger partial charge in [0, 0.05) is 30.1 Å². The zero-order chi connectivity index (χ0) is 18.2. The van der Waals surface area contributed by atoms with Gasteiger partial charge in [0.05, 0.1) is 6.54 Å². The minimum atomic E-state index is -4.77. The molecule has 2 aromatic heterocycles. The van der Waals surface area contributed by atoms with E-state index in [0.29, 0.717) is 22.4 Å². The Morgan fingerprint density at radius 3 is 2.72 bits per heavy atom. The van der Waals surface area contributed by atoms with Gasteiger partial charge >= 0.3 is 6.36 Å². The van der Waals surface area contributed by atoms with Crippen molar-refractivity contribution < 1.29 is 27.2 Å². The zero-order valence-corrected chi connectivity index (χ0v) is 13.3. The molecule has 0 aliphatic carbocycles. The molecule has 0 aliphatic rings. The van der Waals surface area contributed by atoms with Crippen LogP contribution in [0.25, 0.3) is 10.9 Å². The van der Waals surface area contributed by atoms with Crippen LogP contribution in [-0.4, -0.2) is 34.4 Å². The lowest BCUT2D eigenvalue weighted by molar-refractivity contribution is -0.274. The van der Waals surface area contributed by atoms with Crippen LogP contribution in [0.1, 0.15) is 21.9 Å². The third kappa shape index (κ3) is 3.93. The van der Waals surface area contributed by atoms with Crippen LogP contribution in [0.15, 0.2) is 34.9 Å². The fourth-order valence-corrected chi connectivity index (χ4v) is 2.43. The second kappa shape index (κ2) is 6.15. The van der Waals surface area contributed by atoms with Crippen molar-refractivity contribution in [3.05, 3.63) is 47.5 Å². The van der Waals surface area contributed by atoms with E-state index in [2.05, 4.69) is 14.9 Å². The summed E-state index contributed by atoms with van der Waals surface area (Å²) in [6.07, 6.45) is -4.77. The van der Waals surface area contributed by atoms with Gasteiger partial charge in [0.1, 0.15) is 22.9 Å². The predicted octanol–water partition coefficient (Wildman–Crippen LogP) is 3.64. The molecule has 0 unspecified atom stereocenters. The highest BCUT2D eigenvalue weighted by Crippen LogP contribution is 2.27. The van der Waals surface area contributed by atoms with Gasteiger partial charge in [-0.05, 0) is 25.1 Å². The van der Waals surface area contributed by atoms with Gasteiger partial charge in [-0.15, -0.1) is 13.2 Å². The third-order valence-electron chi connectivity index (χ3n) is 3.48. The maximum atomic E-state index is 12.5. The summed E-state index contributed by atoms with van der Waals surface area (Å²) in [5.41, 5.74) is 1.22. The monoisotopic (exact) mass is 353 g/mol. The molecule has 0 saturated heterocycles. The average Bonchev–Trinajstić information content (AvgIpc) is 3.10. The van der Waals surface area contributed by atoms with Crippen molar-refractivity contribution in [1.82, 2.24) is 15.0 Å². The second-order valence-corrected chi connectivity index (χ2v) is 5.57. The van der Waals surface area contributed by atoms with Gasteiger partial charge in [-0.3, -0.25) is 4.79 Å². The highest BCUT2D eigenvalue weighted by Gasteiger charge is 2.31. The molecule has 2 heterocycles. The van der Waals surface area contributed by atoms with E-state index in [4.69, 9.17) is 4.52 Å². The number of ether oxygens (including phenoxy) is 1. The van der Waals surface area contributed by atoms with Crippen LogP contribution in [0, 0.1) is 6.92 Å². The van der Waals surface area contributed by atoms with Crippen LogP contribution < -0.4 is 4.74 Å². The van der Waals surface area contributed by atoms with E-state index >= 15 is 0 Å². The topological polar surface area (TPSA) is 71.4 Å². The third-order valence-corrected chi connectivity index (χ3v) is 3.48. The molecule has 0 radical (unpaired) electrons. The predicted molar refractivity (Wildman–Crippen MR) is 82.0 cm³/mol. The van der Waals surface area contributed by atoms with Crippen molar-refractivity contribution in [3.63, 3.8) is 0 Å². The van der Waals surface area contributed by atoms with Crippen LogP contribution in [0.3, 0.4) is 0 Å². The van der Waals surface area contributed by atoms with Crippen LogP contribution in [0.4, 0.5) is 13.2 Å². The number of amides is 1. The summed E-state index contributed by atoms with van der Waals surface area (Å²) in [6, 6.07) is 7.13. The molecule has 1 N–H and O–H groups in total. The Morgan fingerprint density at radius 1 is 1.32 bits per heavy atom. The summed E-state index contributed by atoms with van der Waals surface area (Å²) in [6.45, 7) is 1.99. The maximum Gasteiger partial charge on any atom is 0.573 e. The molecular formula is C16H14F3N3O3. The van der Waals surface area contributed by atoms with Crippen molar-refractivity contribution in [2.24, 2.45) is 0 Å². The molecule has 0 fully saturated rings. The SMILES string of the molecule is Cc1cc(CN(C)C(=O)c2cc3ccc(OC(F)(F)F)cc3[nH]2)no1. The van der Waals surface area contributed by atoms with Gasteiger partial charge in [0.25, 0.3) is 5.91 Å². The highest BCUT2D eigenvalue weighted by molar-refractivity contribution is 5.98. The van der Waals surface area contributed by atoms with Crippen molar-refractivity contribution in [3.8, 4) is 5.75 Å². The van der Waals surface area contributed by atoms with Crippen molar-refractivity contribution >= 4 is 16.8 Å². The quantitative estimate of drug-likeness (QED) is 0.777. The first kappa shape index (κ1) is 16.9. The number of aromatic amines is 1. The molecule has 3 aromatic rings. The standard InChI is InChI=1S/C16H14F3N3O3/c1-9-5-11(21-25-9)8-22(2)15(23)14-6-10-3-4-12(7-13(10)20-14)24-16(17,18)19/h3-7,20H,8H2,1-2H3. The van der Waals surface area contributed by atoms with Gasteiger partial charge in [-0.25, -0.2) is 0 Å². The van der Waals surface area contributed by atoms with E-state index < -0.39 is 6.36 Å². The number of alkyl halides is 3. The van der Waals surface area contributed by atoms with Crippen molar-refractivity contribution in [2.45, 2.75) is 19.8 Å². The number of aromatic nitrogens is 2. The number of rotatable bonds is 4. The maximum absolute atomic E-state index is 12.5. The first-order chi connectivity index (χ1) is 11.7. The van der Waals surface area contributed by atoms with Crippen LogP contribution >= 0.6 is 0 Å². The Kier molecular flexibility index (Phi) is 4.15. The molecule has 0 aliphatic heterocycles. The summed E-state index contributed by atoms with van der Waals surface area (Å²) in [5, 5.41) is 4.42. The molecule has 3 rings (SSSR count). The Labute approximate surface area is 140 Å². The Morgan fingerprint density at radius 2 is 2.08 bits per heavy atom. The molecule has 0 spiro atoms. The molecule has 0 atom stereocenters. The number of aryl methyl sites for hydroxylation is 1. The Balaban J connectivity index is 1.79. The van der Waals surface area contributed by atoms with E-state index in [1.165, 1.54) is 23.1 Å². The number of nitrogens with one attached hydrogen (secondary N) is 1. The van der Waals surface area contributed by atoms with Gasteiger partial charge in [-0.1, -0.05) is 5.16 Å². The van der Waals surface area contributed by atoms with E-state index in [9.17, 15) is 18.0 Å². The number of benzene rings is 1. The summed E-state index contributed by atoms with van der Waals surface area (Å²) in [7, 11) is 1.59. The van der Waals surface area contributed by atoms with E-state index in [1.54, 1.807) is 26.1 Å². The van der Waals surface area contributed by atoms with Crippen LogP contribution in [0.5, 0.6) is 5.75 Å². The summed E-state index contributed by atoms with van der Waals surface area (Å²) < 4.78 is 45.7. The molecule has 1 amide bonds. The first-order valence-corrected chi connectivity index (χ1v) is 7.27. The molecule has 25 heavy (non-hydrogen) atoms. The molecule has 1 aromatic carbocycles.